The lowest BCUT2D eigenvalue weighted by Crippen LogP contribution is -2.04. The first kappa shape index (κ1) is 11.5. The highest BCUT2D eigenvalue weighted by Crippen LogP contribution is 2.19. The maximum Gasteiger partial charge on any atom is 0.339 e. The second kappa shape index (κ2) is 5.34. The summed E-state index contributed by atoms with van der Waals surface area (Å²) in [5.74, 6) is -1.53. The summed E-state index contributed by atoms with van der Waals surface area (Å²) >= 11 is 0. The van der Waals surface area contributed by atoms with Crippen LogP contribution in [0.2, 0.25) is 0 Å². The third-order valence-corrected chi connectivity index (χ3v) is 1.93. The summed E-state index contributed by atoms with van der Waals surface area (Å²) < 4.78 is 18.0. The predicted octanol–water partition coefficient (Wildman–Crippen LogP) is 2.70. The maximum atomic E-state index is 12.8. The number of carbonyl (C=O) groups is 1. The van der Waals surface area contributed by atoms with E-state index in [9.17, 15) is 9.18 Å². The molecule has 1 aromatic rings. The molecule has 0 atom stereocenters. The van der Waals surface area contributed by atoms with Crippen LogP contribution in [0.1, 0.15) is 30.1 Å². The fourth-order valence-electron chi connectivity index (χ4n) is 1.12. The molecule has 0 aromatic heterocycles. The molecule has 4 heteroatoms. The van der Waals surface area contributed by atoms with E-state index in [1.165, 1.54) is 12.1 Å². The van der Waals surface area contributed by atoms with Gasteiger partial charge in [-0.05, 0) is 24.6 Å². The Labute approximate surface area is 87.5 Å². The van der Waals surface area contributed by atoms with Crippen LogP contribution in [0.4, 0.5) is 4.39 Å². The molecule has 0 amide bonds. The Bertz CT molecular complexity index is 350. The van der Waals surface area contributed by atoms with Crippen molar-refractivity contribution in [2.24, 2.45) is 0 Å². The van der Waals surface area contributed by atoms with Gasteiger partial charge in [0.2, 0.25) is 0 Å². The van der Waals surface area contributed by atoms with Gasteiger partial charge in [0.1, 0.15) is 17.1 Å². The minimum atomic E-state index is -1.18. The molecule has 3 nitrogen and oxygen atoms in total. The van der Waals surface area contributed by atoms with Crippen molar-refractivity contribution in [2.45, 2.75) is 19.8 Å². The molecule has 0 spiro atoms. The van der Waals surface area contributed by atoms with Crippen molar-refractivity contribution in [3.05, 3.63) is 29.6 Å². The number of carboxylic acids is 1. The molecule has 0 saturated carbocycles. The van der Waals surface area contributed by atoms with Crippen LogP contribution in [-0.4, -0.2) is 17.7 Å². The molecule has 0 aliphatic carbocycles. The van der Waals surface area contributed by atoms with E-state index < -0.39 is 11.8 Å². The number of ether oxygens (including phenoxy) is 1. The Balaban J connectivity index is 2.81. The van der Waals surface area contributed by atoms with Crippen LogP contribution >= 0.6 is 0 Å². The summed E-state index contributed by atoms with van der Waals surface area (Å²) in [6, 6.07) is 3.49. The average Bonchev–Trinajstić information content (AvgIpc) is 2.20. The van der Waals surface area contributed by atoms with E-state index in [1.807, 2.05) is 6.92 Å². The van der Waals surface area contributed by atoms with Crippen LogP contribution in [0, 0.1) is 5.82 Å². The summed E-state index contributed by atoms with van der Waals surface area (Å²) in [6.07, 6.45) is 1.81. The normalized spacial score (nSPS) is 10.0. The molecule has 0 saturated heterocycles. The Morgan fingerprint density at radius 3 is 2.87 bits per heavy atom. The number of aromatic carboxylic acids is 1. The van der Waals surface area contributed by atoms with Gasteiger partial charge in [0.25, 0.3) is 0 Å². The zero-order valence-corrected chi connectivity index (χ0v) is 8.50. The Hall–Kier alpha value is -1.58. The number of carboxylic acid groups (broad SMARTS) is 1. The second-order valence-corrected chi connectivity index (χ2v) is 3.15. The van der Waals surface area contributed by atoms with Gasteiger partial charge in [-0.3, -0.25) is 0 Å². The summed E-state index contributed by atoms with van der Waals surface area (Å²) in [4.78, 5) is 10.8. The lowest BCUT2D eigenvalue weighted by atomic mass is 10.2. The molecule has 0 aliphatic rings. The first-order valence-electron chi connectivity index (χ1n) is 4.80. The highest BCUT2D eigenvalue weighted by Gasteiger charge is 2.12. The van der Waals surface area contributed by atoms with Crippen molar-refractivity contribution in [1.29, 1.82) is 0 Å². The van der Waals surface area contributed by atoms with Crippen LogP contribution in [0.25, 0.3) is 0 Å². The summed E-state index contributed by atoms with van der Waals surface area (Å²) in [6.45, 7) is 2.45. The Morgan fingerprint density at radius 1 is 1.53 bits per heavy atom. The maximum absolute atomic E-state index is 12.8. The Kier molecular flexibility index (Phi) is 4.09. The molecule has 1 aromatic carbocycles. The number of hydrogen-bond donors (Lipinski definition) is 1. The van der Waals surface area contributed by atoms with E-state index in [1.54, 1.807) is 0 Å². The molecule has 1 rings (SSSR count). The number of benzene rings is 1. The molecule has 0 radical (unpaired) electrons. The second-order valence-electron chi connectivity index (χ2n) is 3.15. The molecule has 0 fully saturated rings. The minimum Gasteiger partial charge on any atom is -0.493 e. The zero-order valence-electron chi connectivity index (χ0n) is 8.50. The van der Waals surface area contributed by atoms with Crippen LogP contribution in [0.15, 0.2) is 18.2 Å². The fourth-order valence-corrected chi connectivity index (χ4v) is 1.12. The van der Waals surface area contributed by atoms with Crippen molar-refractivity contribution in [2.75, 3.05) is 6.61 Å². The van der Waals surface area contributed by atoms with Crippen LogP contribution in [0.5, 0.6) is 5.75 Å². The SMILES string of the molecule is CCCCOc1ccc(F)cc1C(=O)O. The first-order valence-corrected chi connectivity index (χ1v) is 4.80. The molecule has 1 N–H and O–H groups in total. The molecule has 0 heterocycles. The topological polar surface area (TPSA) is 46.5 Å². The standard InChI is InChI=1S/C11H13FO3/c1-2-3-6-15-10-5-4-8(12)7-9(10)11(13)14/h4-5,7H,2-3,6H2,1H3,(H,13,14). The van der Waals surface area contributed by atoms with Gasteiger partial charge >= 0.3 is 5.97 Å². The minimum absolute atomic E-state index is 0.133. The van der Waals surface area contributed by atoms with Crippen molar-refractivity contribution in [3.63, 3.8) is 0 Å². The van der Waals surface area contributed by atoms with Gasteiger partial charge in [-0.25, -0.2) is 9.18 Å². The highest BCUT2D eigenvalue weighted by atomic mass is 19.1. The molecule has 15 heavy (non-hydrogen) atoms. The lowest BCUT2D eigenvalue weighted by molar-refractivity contribution is 0.0691. The van der Waals surface area contributed by atoms with Crippen molar-refractivity contribution < 1.29 is 19.0 Å². The van der Waals surface area contributed by atoms with Crippen LogP contribution < -0.4 is 4.74 Å². The molecule has 0 unspecified atom stereocenters. The Morgan fingerprint density at radius 2 is 2.27 bits per heavy atom. The largest absolute Gasteiger partial charge is 0.493 e. The summed E-state index contributed by atoms with van der Waals surface area (Å²) in [7, 11) is 0. The van der Waals surface area contributed by atoms with Crippen molar-refractivity contribution in [3.8, 4) is 5.75 Å². The summed E-state index contributed by atoms with van der Waals surface area (Å²) in [5.41, 5.74) is -0.133. The first-order chi connectivity index (χ1) is 7.15. The van der Waals surface area contributed by atoms with E-state index >= 15 is 0 Å². The zero-order chi connectivity index (χ0) is 11.3. The van der Waals surface area contributed by atoms with Gasteiger partial charge < -0.3 is 9.84 Å². The van der Waals surface area contributed by atoms with Gasteiger partial charge in [0.15, 0.2) is 0 Å². The van der Waals surface area contributed by atoms with Gasteiger partial charge in [-0.2, -0.15) is 0 Å². The smallest absolute Gasteiger partial charge is 0.339 e. The van der Waals surface area contributed by atoms with E-state index in [2.05, 4.69) is 0 Å². The number of hydrogen-bond acceptors (Lipinski definition) is 2. The monoisotopic (exact) mass is 212 g/mol. The van der Waals surface area contributed by atoms with Crippen molar-refractivity contribution >= 4 is 5.97 Å². The quantitative estimate of drug-likeness (QED) is 0.763. The molecular weight excluding hydrogens is 199 g/mol. The third kappa shape index (κ3) is 3.23. The number of unbranched alkanes of at least 4 members (excludes halogenated alkanes) is 1. The van der Waals surface area contributed by atoms with Gasteiger partial charge in [0, 0.05) is 0 Å². The van der Waals surface area contributed by atoms with E-state index in [-0.39, 0.29) is 11.3 Å². The number of halogens is 1. The highest BCUT2D eigenvalue weighted by molar-refractivity contribution is 5.90. The van der Waals surface area contributed by atoms with E-state index in [4.69, 9.17) is 9.84 Å². The summed E-state index contributed by atoms with van der Waals surface area (Å²) in [5, 5.41) is 8.80. The van der Waals surface area contributed by atoms with Gasteiger partial charge in [0.05, 0.1) is 6.61 Å². The lowest BCUT2D eigenvalue weighted by Gasteiger charge is -2.08. The van der Waals surface area contributed by atoms with Gasteiger partial charge in [-0.15, -0.1) is 0 Å². The molecular formula is C11H13FO3. The van der Waals surface area contributed by atoms with E-state index in [0.717, 1.165) is 18.9 Å². The van der Waals surface area contributed by atoms with Gasteiger partial charge in [-0.1, -0.05) is 13.3 Å². The van der Waals surface area contributed by atoms with Crippen LogP contribution in [-0.2, 0) is 0 Å². The average molecular weight is 212 g/mol. The molecule has 0 aliphatic heterocycles. The van der Waals surface area contributed by atoms with E-state index in [0.29, 0.717) is 6.61 Å². The molecule has 82 valence electrons. The fraction of sp³-hybridized carbons (Fsp3) is 0.364. The predicted molar refractivity (Wildman–Crippen MR) is 53.8 cm³/mol. The number of rotatable bonds is 5. The van der Waals surface area contributed by atoms with Crippen LogP contribution in [0.3, 0.4) is 0 Å². The third-order valence-electron chi connectivity index (χ3n) is 1.93. The van der Waals surface area contributed by atoms with Crippen molar-refractivity contribution in [1.82, 2.24) is 0 Å². The molecule has 0 bridgehead atoms.